The van der Waals surface area contributed by atoms with E-state index in [1.807, 2.05) is 12.1 Å². The van der Waals surface area contributed by atoms with Crippen molar-refractivity contribution in [2.24, 2.45) is 0 Å². The van der Waals surface area contributed by atoms with E-state index in [-0.39, 0.29) is 18.2 Å². The molecule has 0 aliphatic rings. The Labute approximate surface area is 138 Å². The largest absolute Gasteiger partial charge is 0.497 e. The minimum Gasteiger partial charge on any atom is -0.497 e. The van der Waals surface area contributed by atoms with Gasteiger partial charge in [0.15, 0.2) is 0 Å². The number of hydrogen-bond donors (Lipinski definition) is 2. The number of carbonyl (C=O) groups is 2. The molecule has 23 heavy (non-hydrogen) atoms. The molecule has 0 radical (unpaired) electrons. The molecule has 0 bridgehead atoms. The number of rotatable bonds is 7. The molecule has 7 heteroatoms. The first-order chi connectivity index (χ1) is 11.2. The zero-order chi connectivity index (χ0) is 16.5. The lowest BCUT2D eigenvalue weighted by Crippen LogP contribution is -2.41. The van der Waals surface area contributed by atoms with E-state index in [9.17, 15) is 9.59 Å². The predicted molar refractivity (Wildman–Crippen MR) is 87.7 cm³/mol. The number of methoxy groups -OCH3 is 1. The minimum atomic E-state index is -0.317. The molecule has 1 aromatic heterocycles. The summed E-state index contributed by atoms with van der Waals surface area (Å²) < 4.78 is 10.6. The molecule has 122 valence electrons. The Morgan fingerprint density at radius 2 is 1.83 bits per heavy atom. The summed E-state index contributed by atoms with van der Waals surface area (Å²) in [5.41, 5.74) is 4.75. The highest BCUT2D eigenvalue weighted by molar-refractivity contribution is 7.12. The molecular weight excluding hydrogens is 316 g/mol. The molecular formula is C16H18N2O4S. The summed E-state index contributed by atoms with van der Waals surface area (Å²) in [7, 11) is 1.60. The van der Waals surface area contributed by atoms with Crippen LogP contribution in [0.4, 0.5) is 0 Å². The summed E-state index contributed by atoms with van der Waals surface area (Å²) in [5.74, 6) is 0.909. The number of thiophene rings is 1. The highest BCUT2D eigenvalue weighted by atomic mass is 32.1. The first-order valence-electron chi connectivity index (χ1n) is 7.08. The van der Waals surface area contributed by atoms with Crippen LogP contribution in [-0.2, 0) is 4.79 Å². The predicted octanol–water partition coefficient (Wildman–Crippen LogP) is 2.38. The molecule has 2 N–H and O–H groups in total. The Kier molecular flexibility index (Phi) is 6.43. The Morgan fingerprint density at radius 3 is 2.48 bits per heavy atom. The molecule has 0 atom stereocenters. The van der Waals surface area contributed by atoms with Crippen LogP contribution in [-0.4, -0.2) is 25.5 Å². The van der Waals surface area contributed by atoms with E-state index >= 15 is 0 Å². The maximum atomic E-state index is 11.6. The number of amides is 2. The topological polar surface area (TPSA) is 76.7 Å². The van der Waals surface area contributed by atoms with Gasteiger partial charge in [-0.1, -0.05) is 6.07 Å². The van der Waals surface area contributed by atoms with Gasteiger partial charge in [0.2, 0.25) is 5.91 Å². The molecule has 0 aliphatic heterocycles. The zero-order valence-electron chi connectivity index (χ0n) is 12.7. The van der Waals surface area contributed by atoms with Crippen molar-refractivity contribution in [3.8, 4) is 11.5 Å². The summed E-state index contributed by atoms with van der Waals surface area (Å²) >= 11 is 1.31. The maximum absolute atomic E-state index is 11.6. The van der Waals surface area contributed by atoms with E-state index in [1.54, 1.807) is 36.8 Å². The fourth-order valence-electron chi connectivity index (χ4n) is 1.75. The van der Waals surface area contributed by atoms with Crippen molar-refractivity contribution in [2.75, 3.05) is 13.7 Å². The van der Waals surface area contributed by atoms with Gasteiger partial charge >= 0.3 is 0 Å². The van der Waals surface area contributed by atoms with Crippen LogP contribution in [0.3, 0.4) is 0 Å². The van der Waals surface area contributed by atoms with Gasteiger partial charge in [-0.15, -0.1) is 11.3 Å². The van der Waals surface area contributed by atoms with Crippen molar-refractivity contribution >= 4 is 23.2 Å². The average Bonchev–Trinajstić information content (AvgIpc) is 3.12. The molecule has 6 nitrogen and oxygen atoms in total. The van der Waals surface area contributed by atoms with Gasteiger partial charge in [0.25, 0.3) is 5.91 Å². The van der Waals surface area contributed by atoms with Gasteiger partial charge in [-0.25, -0.2) is 0 Å². The van der Waals surface area contributed by atoms with Crippen molar-refractivity contribution < 1.29 is 19.1 Å². The molecule has 0 saturated heterocycles. The first-order valence-corrected chi connectivity index (χ1v) is 7.96. The smallest absolute Gasteiger partial charge is 0.279 e. The number of nitrogens with one attached hydrogen (secondary N) is 2. The van der Waals surface area contributed by atoms with Gasteiger partial charge in [-0.3, -0.25) is 20.4 Å². The van der Waals surface area contributed by atoms with E-state index in [1.165, 1.54) is 11.3 Å². The lowest BCUT2D eigenvalue weighted by atomic mass is 10.3. The van der Waals surface area contributed by atoms with Crippen molar-refractivity contribution in [1.29, 1.82) is 0 Å². The standard InChI is InChI=1S/C16H18N2O4S/c1-21-12-6-8-13(9-7-12)22-10-2-5-15(19)17-18-16(20)14-4-3-11-23-14/h3-4,6-9,11H,2,5,10H2,1H3,(H,17,19)(H,18,20). The number of carbonyl (C=O) groups excluding carboxylic acids is 2. The van der Waals surface area contributed by atoms with E-state index in [0.29, 0.717) is 17.9 Å². The van der Waals surface area contributed by atoms with Crippen molar-refractivity contribution in [3.63, 3.8) is 0 Å². The van der Waals surface area contributed by atoms with Crippen LogP contribution >= 0.6 is 11.3 Å². The molecule has 1 aromatic carbocycles. The quantitative estimate of drug-likeness (QED) is 0.602. The molecule has 0 aliphatic carbocycles. The first kappa shape index (κ1) is 16.8. The van der Waals surface area contributed by atoms with Gasteiger partial charge in [-0.05, 0) is 42.1 Å². The Bertz CT molecular complexity index is 626. The third-order valence-corrected chi connectivity index (χ3v) is 3.81. The van der Waals surface area contributed by atoms with Crippen LogP contribution in [0.1, 0.15) is 22.5 Å². The molecule has 2 amide bonds. The lowest BCUT2D eigenvalue weighted by Gasteiger charge is -2.08. The molecule has 0 unspecified atom stereocenters. The van der Waals surface area contributed by atoms with E-state index in [2.05, 4.69) is 10.9 Å². The van der Waals surface area contributed by atoms with Crippen LogP contribution in [0, 0.1) is 0 Å². The van der Waals surface area contributed by atoms with E-state index in [0.717, 1.165) is 11.5 Å². The van der Waals surface area contributed by atoms with Crippen LogP contribution in [0.2, 0.25) is 0 Å². The molecule has 0 fully saturated rings. The molecule has 0 spiro atoms. The SMILES string of the molecule is COc1ccc(OCCCC(=O)NNC(=O)c2cccs2)cc1. The number of hydrogen-bond acceptors (Lipinski definition) is 5. The van der Waals surface area contributed by atoms with Crippen LogP contribution in [0.5, 0.6) is 11.5 Å². The molecule has 0 saturated carbocycles. The lowest BCUT2D eigenvalue weighted by molar-refractivity contribution is -0.122. The van der Waals surface area contributed by atoms with Gasteiger partial charge in [0, 0.05) is 6.42 Å². The van der Waals surface area contributed by atoms with Crippen LogP contribution < -0.4 is 20.3 Å². The third kappa shape index (κ3) is 5.63. The molecule has 1 heterocycles. The Morgan fingerprint density at radius 1 is 1.09 bits per heavy atom. The summed E-state index contributed by atoms with van der Waals surface area (Å²) in [6.07, 6.45) is 0.813. The second-order valence-corrected chi connectivity index (χ2v) is 5.55. The highest BCUT2D eigenvalue weighted by Gasteiger charge is 2.07. The Hall–Kier alpha value is -2.54. The maximum Gasteiger partial charge on any atom is 0.279 e. The number of ether oxygens (including phenoxy) is 2. The zero-order valence-corrected chi connectivity index (χ0v) is 13.5. The van der Waals surface area contributed by atoms with Gasteiger partial charge in [-0.2, -0.15) is 0 Å². The van der Waals surface area contributed by atoms with Crippen molar-refractivity contribution in [2.45, 2.75) is 12.8 Å². The fourth-order valence-corrected chi connectivity index (χ4v) is 2.37. The van der Waals surface area contributed by atoms with E-state index < -0.39 is 0 Å². The number of hydrazine groups is 1. The second kappa shape index (κ2) is 8.79. The third-order valence-electron chi connectivity index (χ3n) is 2.94. The monoisotopic (exact) mass is 334 g/mol. The van der Waals surface area contributed by atoms with Gasteiger partial charge < -0.3 is 9.47 Å². The van der Waals surface area contributed by atoms with Gasteiger partial charge in [0.1, 0.15) is 11.5 Å². The Balaban J connectivity index is 1.60. The van der Waals surface area contributed by atoms with Crippen LogP contribution in [0.15, 0.2) is 41.8 Å². The fraction of sp³-hybridized carbons (Fsp3) is 0.250. The summed E-state index contributed by atoms with van der Waals surface area (Å²) in [6, 6.07) is 10.7. The van der Waals surface area contributed by atoms with E-state index in [4.69, 9.17) is 9.47 Å². The van der Waals surface area contributed by atoms with Crippen molar-refractivity contribution in [3.05, 3.63) is 46.7 Å². The number of benzene rings is 1. The summed E-state index contributed by atoms with van der Waals surface area (Å²) in [5, 5.41) is 1.80. The normalized spacial score (nSPS) is 9.96. The average molecular weight is 334 g/mol. The van der Waals surface area contributed by atoms with Gasteiger partial charge in [0.05, 0.1) is 18.6 Å². The van der Waals surface area contributed by atoms with Crippen LogP contribution in [0.25, 0.3) is 0 Å². The highest BCUT2D eigenvalue weighted by Crippen LogP contribution is 2.17. The molecule has 2 aromatic rings. The second-order valence-electron chi connectivity index (χ2n) is 4.61. The van der Waals surface area contributed by atoms with Crippen molar-refractivity contribution in [1.82, 2.24) is 10.9 Å². The summed E-state index contributed by atoms with van der Waals surface area (Å²) in [4.78, 5) is 23.8. The minimum absolute atomic E-state index is 0.256. The molecule has 2 rings (SSSR count). The summed E-state index contributed by atoms with van der Waals surface area (Å²) in [6.45, 7) is 0.415.